The van der Waals surface area contributed by atoms with Gasteiger partial charge in [0.25, 0.3) is 0 Å². The molecule has 0 aromatic heterocycles. The lowest BCUT2D eigenvalue weighted by atomic mass is 10.1. The van der Waals surface area contributed by atoms with Crippen LogP contribution in [0.15, 0.2) is 54.6 Å². The van der Waals surface area contributed by atoms with Crippen molar-refractivity contribution in [3.8, 4) is 0 Å². The molecule has 0 bridgehead atoms. The van der Waals surface area contributed by atoms with Gasteiger partial charge in [0.15, 0.2) is 0 Å². The van der Waals surface area contributed by atoms with Gasteiger partial charge in [0.05, 0.1) is 0 Å². The Morgan fingerprint density at radius 1 is 0.955 bits per heavy atom. The molecule has 2 N–H and O–H groups in total. The van der Waals surface area contributed by atoms with E-state index in [1.54, 1.807) is 0 Å². The third kappa shape index (κ3) is 4.35. The molecule has 0 aliphatic heterocycles. The lowest BCUT2D eigenvalue weighted by Gasteiger charge is -2.08. The van der Waals surface area contributed by atoms with Gasteiger partial charge < -0.3 is 10.6 Å². The molecule has 3 rings (SSSR count). The molecule has 1 aliphatic rings. The number of anilines is 2. The second kappa shape index (κ2) is 7.12. The molecule has 114 valence electrons. The molecule has 3 heteroatoms. The lowest BCUT2D eigenvalue weighted by Crippen LogP contribution is -2.13. The first kappa shape index (κ1) is 14.6. The molecule has 0 saturated heterocycles. The number of benzene rings is 2. The Hall–Kier alpha value is -2.29. The van der Waals surface area contributed by atoms with Crippen molar-refractivity contribution >= 4 is 17.3 Å². The van der Waals surface area contributed by atoms with Gasteiger partial charge in [-0.2, -0.15) is 0 Å². The van der Waals surface area contributed by atoms with Gasteiger partial charge in [-0.1, -0.05) is 30.3 Å². The van der Waals surface area contributed by atoms with Crippen LogP contribution in [0.1, 0.15) is 24.8 Å². The van der Waals surface area contributed by atoms with E-state index >= 15 is 0 Å². The van der Waals surface area contributed by atoms with E-state index in [0.717, 1.165) is 43.6 Å². The number of amides is 1. The van der Waals surface area contributed by atoms with Crippen LogP contribution in [-0.4, -0.2) is 12.5 Å². The maximum Gasteiger partial charge on any atom is 0.227 e. The van der Waals surface area contributed by atoms with Gasteiger partial charge in [-0.15, -0.1) is 0 Å². The second-order valence-corrected chi connectivity index (χ2v) is 5.86. The minimum atomic E-state index is 0.156. The number of hydrogen-bond donors (Lipinski definition) is 2. The van der Waals surface area contributed by atoms with Crippen LogP contribution in [0.25, 0.3) is 0 Å². The van der Waals surface area contributed by atoms with Crippen LogP contribution >= 0.6 is 0 Å². The van der Waals surface area contributed by atoms with Gasteiger partial charge in [-0.05, 0) is 55.5 Å². The summed E-state index contributed by atoms with van der Waals surface area (Å²) in [5.74, 6) is 0.402. The number of nitrogens with one attached hydrogen (secondary N) is 2. The van der Waals surface area contributed by atoms with Crippen LogP contribution in [0.4, 0.5) is 11.4 Å². The Morgan fingerprint density at radius 3 is 2.32 bits per heavy atom. The lowest BCUT2D eigenvalue weighted by molar-refractivity contribution is -0.117. The van der Waals surface area contributed by atoms with Crippen molar-refractivity contribution in [1.82, 2.24) is 0 Å². The van der Waals surface area contributed by atoms with Gasteiger partial charge in [-0.3, -0.25) is 4.79 Å². The third-order valence-corrected chi connectivity index (χ3v) is 3.91. The highest BCUT2D eigenvalue weighted by Gasteiger charge is 2.29. The highest BCUT2D eigenvalue weighted by atomic mass is 16.2. The van der Waals surface area contributed by atoms with E-state index in [1.807, 2.05) is 30.3 Å². The number of carbonyl (C=O) groups is 1. The molecule has 1 saturated carbocycles. The molecular weight excluding hydrogens is 272 g/mol. The average molecular weight is 294 g/mol. The number of aryl methyl sites for hydroxylation is 1. The van der Waals surface area contributed by atoms with E-state index in [4.69, 9.17) is 0 Å². The van der Waals surface area contributed by atoms with Crippen molar-refractivity contribution in [3.05, 3.63) is 60.2 Å². The average Bonchev–Trinajstić information content (AvgIpc) is 3.39. The Labute approximate surface area is 131 Å². The second-order valence-electron chi connectivity index (χ2n) is 5.86. The van der Waals surface area contributed by atoms with Gasteiger partial charge in [0, 0.05) is 23.8 Å². The van der Waals surface area contributed by atoms with Gasteiger partial charge in [-0.25, -0.2) is 0 Å². The first-order chi connectivity index (χ1) is 10.8. The smallest absolute Gasteiger partial charge is 0.227 e. The highest BCUT2D eigenvalue weighted by Crippen LogP contribution is 2.30. The first-order valence-corrected chi connectivity index (χ1v) is 8.00. The van der Waals surface area contributed by atoms with Crippen molar-refractivity contribution < 1.29 is 4.79 Å². The zero-order valence-electron chi connectivity index (χ0n) is 12.7. The summed E-state index contributed by atoms with van der Waals surface area (Å²) in [4.78, 5) is 11.7. The van der Waals surface area contributed by atoms with Crippen LogP contribution < -0.4 is 10.6 Å². The fraction of sp³-hybridized carbons (Fsp3) is 0.316. The van der Waals surface area contributed by atoms with Gasteiger partial charge >= 0.3 is 0 Å². The molecular formula is C19H22N2O. The number of hydrogen-bond acceptors (Lipinski definition) is 2. The molecule has 0 atom stereocenters. The van der Waals surface area contributed by atoms with E-state index in [9.17, 15) is 4.79 Å². The van der Waals surface area contributed by atoms with Gasteiger partial charge in [0.2, 0.25) is 5.91 Å². The molecule has 3 nitrogen and oxygen atoms in total. The maximum atomic E-state index is 11.7. The molecule has 1 aliphatic carbocycles. The fourth-order valence-corrected chi connectivity index (χ4v) is 2.43. The van der Waals surface area contributed by atoms with Crippen molar-refractivity contribution in [1.29, 1.82) is 0 Å². The van der Waals surface area contributed by atoms with Gasteiger partial charge in [0.1, 0.15) is 0 Å². The molecule has 0 unspecified atom stereocenters. The normalized spacial score (nSPS) is 13.6. The predicted octanol–water partition coefficient (Wildman–Crippen LogP) is 4.08. The van der Waals surface area contributed by atoms with Crippen LogP contribution in [0.5, 0.6) is 0 Å². The van der Waals surface area contributed by atoms with E-state index < -0.39 is 0 Å². The minimum Gasteiger partial charge on any atom is -0.385 e. The summed E-state index contributed by atoms with van der Waals surface area (Å²) in [6.07, 6.45) is 4.26. The van der Waals surface area contributed by atoms with Crippen LogP contribution in [-0.2, 0) is 11.2 Å². The summed E-state index contributed by atoms with van der Waals surface area (Å²) < 4.78 is 0. The summed E-state index contributed by atoms with van der Waals surface area (Å²) in [5.41, 5.74) is 3.35. The molecule has 2 aromatic rings. The van der Waals surface area contributed by atoms with Crippen molar-refractivity contribution in [2.24, 2.45) is 5.92 Å². The van der Waals surface area contributed by atoms with Crippen molar-refractivity contribution in [3.63, 3.8) is 0 Å². The van der Waals surface area contributed by atoms with E-state index in [0.29, 0.717) is 0 Å². The van der Waals surface area contributed by atoms with E-state index in [1.165, 1.54) is 5.56 Å². The largest absolute Gasteiger partial charge is 0.385 e. The molecule has 0 spiro atoms. The summed E-state index contributed by atoms with van der Waals surface area (Å²) in [6.45, 7) is 0.947. The van der Waals surface area contributed by atoms with Crippen LogP contribution in [0.3, 0.4) is 0 Å². The van der Waals surface area contributed by atoms with Crippen LogP contribution in [0, 0.1) is 5.92 Å². The summed E-state index contributed by atoms with van der Waals surface area (Å²) in [5, 5.41) is 6.37. The fourth-order valence-electron chi connectivity index (χ4n) is 2.43. The Bertz CT molecular complexity index is 603. The summed E-state index contributed by atoms with van der Waals surface area (Å²) in [6, 6.07) is 18.5. The molecule has 1 amide bonds. The van der Waals surface area contributed by atoms with Crippen LogP contribution in [0.2, 0.25) is 0 Å². The topological polar surface area (TPSA) is 41.1 Å². The zero-order valence-corrected chi connectivity index (χ0v) is 12.7. The molecule has 1 fully saturated rings. The van der Waals surface area contributed by atoms with E-state index in [-0.39, 0.29) is 11.8 Å². The monoisotopic (exact) mass is 294 g/mol. The molecule has 0 radical (unpaired) electrons. The third-order valence-electron chi connectivity index (χ3n) is 3.91. The van der Waals surface area contributed by atoms with Crippen molar-refractivity contribution in [2.75, 3.05) is 17.2 Å². The summed E-state index contributed by atoms with van der Waals surface area (Å²) >= 11 is 0. The zero-order chi connectivity index (χ0) is 15.2. The number of rotatable bonds is 7. The van der Waals surface area contributed by atoms with E-state index in [2.05, 4.69) is 34.9 Å². The predicted molar refractivity (Wildman–Crippen MR) is 91.0 cm³/mol. The number of carbonyl (C=O) groups excluding carboxylic acids is 1. The standard InChI is InChI=1S/C19H22N2O/c22-19(16-8-9-16)21-18-12-10-17(11-13-18)20-14-4-7-15-5-2-1-3-6-15/h1-3,5-6,10-13,16,20H,4,7-9,14H2,(H,21,22). The maximum absolute atomic E-state index is 11.7. The first-order valence-electron chi connectivity index (χ1n) is 8.00. The minimum absolute atomic E-state index is 0.156. The summed E-state index contributed by atoms with van der Waals surface area (Å²) in [7, 11) is 0. The quantitative estimate of drug-likeness (QED) is 0.755. The highest BCUT2D eigenvalue weighted by molar-refractivity contribution is 5.94. The Morgan fingerprint density at radius 2 is 1.64 bits per heavy atom. The molecule has 0 heterocycles. The molecule has 2 aromatic carbocycles. The Kier molecular flexibility index (Phi) is 4.74. The molecule has 22 heavy (non-hydrogen) atoms. The van der Waals surface area contributed by atoms with Crippen molar-refractivity contribution in [2.45, 2.75) is 25.7 Å². The Balaban J connectivity index is 1.40. The SMILES string of the molecule is O=C(Nc1ccc(NCCCc2ccccc2)cc1)C1CC1.